The summed E-state index contributed by atoms with van der Waals surface area (Å²) in [5, 5.41) is 9.01. The summed E-state index contributed by atoms with van der Waals surface area (Å²) in [6.07, 6.45) is 4.09. The van der Waals surface area contributed by atoms with Crippen molar-refractivity contribution in [2.45, 2.75) is 44.8 Å². The Morgan fingerprint density at radius 1 is 1.67 bits per heavy atom. The maximum atomic E-state index is 9.01. The number of hydrogen-bond donors (Lipinski definition) is 1. The van der Waals surface area contributed by atoms with Gasteiger partial charge in [-0.25, -0.2) is 0 Å². The van der Waals surface area contributed by atoms with Gasteiger partial charge in [0.25, 0.3) is 0 Å². The number of ether oxygens (including phenoxy) is 1. The minimum absolute atomic E-state index is 0.228. The van der Waals surface area contributed by atoms with Crippen LogP contribution < -0.4 is 0 Å². The van der Waals surface area contributed by atoms with Gasteiger partial charge in [0.1, 0.15) is 0 Å². The molecule has 70 valence electrons. The van der Waals surface area contributed by atoms with E-state index in [4.69, 9.17) is 9.84 Å². The Morgan fingerprint density at radius 3 is 3.00 bits per heavy atom. The third kappa shape index (κ3) is 1.27. The molecule has 2 nitrogen and oxygen atoms in total. The van der Waals surface area contributed by atoms with Gasteiger partial charge in [0.15, 0.2) is 0 Å². The summed E-state index contributed by atoms with van der Waals surface area (Å²) in [6.45, 7) is 4.67. The molecule has 2 aliphatic rings. The highest BCUT2D eigenvalue weighted by molar-refractivity contribution is 5.03. The number of epoxide rings is 1. The molecule has 0 spiro atoms. The van der Waals surface area contributed by atoms with Gasteiger partial charge in [0.2, 0.25) is 0 Å². The molecule has 0 aromatic carbocycles. The predicted octanol–water partition coefficient (Wildman–Crippen LogP) is 1.57. The fraction of sp³-hybridized carbons (Fsp3) is 1.00. The first-order valence-corrected chi connectivity index (χ1v) is 4.94. The fourth-order valence-corrected chi connectivity index (χ4v) is 2.34. The molecule has 0 amide bonds. The molecule has 1 aliphatic heterocycles. The molecule has 2 rings (SSSR count). The van der Waals surface area contributed by atoms with Crippen LogP contribution in [0.4, 0.5) is 0 Å². The van der Waals surface area contributed by atoms with Gasteiger partial charge in [-0.1, -0.05) is 6.92 Å². The topological polar surface area (TPSA) is 32.8 Å². The summed E-state index contributed by atoms with van der Waals surface area (Å²) < 4.78 is 5.61. The van der Waals surface area contributed by atoms with Crippen LogP contribution in [0.2, 0.25) is 0 Å². The average molecular weight is 170 g/mol. The van der Waals surface area contributed by atoms with E-state index < -0.39 is 0 Å². The van der Waals surface area contributed by atoms with E-state index in [0.717, 1.165) is 6.42 Å². The number of fused-ring (bicyclic) bond motifs is 1. The Balaban J connectivity index is 1.89. The van der Waals surface area contributed by atoms with Crippen LogP contribution in [-0.4, -0.2) is 23.4 Å². The van der Waals surface area contributed by atoms with Crippen molar-refractivity contribution in [3.05, 3.63) is 0 Å². The first kappa shape index (κ1) is 8.52. The van der Waals surface area contributed by atoms with E-state index in [0.29, 0.717) is 24.5 Å². The molecule has 1 saturated carbocycles. The second-order valence-electron chi connectivity index (χ2n) is 4.61. The fourth-order valence-electron chi connectivity index (χ4n) is 2.34. The maximum absolute atomic E-state index is 9.01. The largest absolute Gasteiger partial charge is 0.396 e. The van der Waals surface area contributed by atoms with Crippen molar-refractivity contribution in [1.82, 2.24) is 0 Å². The van der Waals surface area contributed by atoms with Crippen molar-refractivity contribution >= 4 is 0 Å². The number of aliphatic hydroxyl groups is 1. The van der Waals surface area contributed by atoms with Gasteiger partial charge >= 0.3 is 0 Å². The van der Waals surface area contributed by atoms with Crippen LogP contribution in [0.25, 0.3) is 0 Å². The Hall–Kier alpha value is -0.0800. The van der Waals surface area contributed by atoms with E-state index >= 15 is 0 Å². The summed E-state index contributed by atoms with van der Waals surface area (Å²) in [4.78, 5) is 0. The maximum Gasteiger partial charge on any atom is 0.0920 e. The zero-order valence-electron chi connectivity index (χ0n) is 7.92. The van der Waals surface area contributed by atoms with Crippen LogP contribution in [0, 0.1) is 11.8 Å². The van der Waals surface area contributed by atoms with Crippen LogP contribution >= 0.6 is 0 Å². The number of rotatable bonds is 2. The lowest BCUT2D eigenvalue weighted by Crippen LogP contribution is -2.26. The minimum atomic E-state index is 0.228. The SMILES string of the molecule is CC(CO)[C@@H]1CC[C@@]2(C)O[C@H]2C1. The zero-order valence-corrected chi connectivity index (χ0v) is 7.92. The van der Waals surface area contributed by atoms with Gasteiger partial charge in [-0.05, 0) is 38.0 Å². The van der Waals surface area contributed by atoms with Gasteiger partial charge in [0.05, 0.1) is 11.7 Å². The molecule has 0 radical (unpaired) electrons. The number of hydrogen-bond acceptors (Lipinski definition) is 2. The van der Waals surface area contributed by atoms with Gasteiger partial charge in [-0.3, -0.25) is 0 Å². The van der Waals surface area contributed by atoms with Gasteiger partial charge in [-0.2, -0.15) is 0 Å². The monoisotopic (exact) mass is 170 g/mol. The van der Waals surface area contributed by atoms with Crippen molar-refractivity contribution in [1.29, 1.82) is 0 Å². The molecule has 0 bridgehead atoms. The zero-order chi connectivity index (χ0) is 8.77. The first-order valence-electron chi connectivity index (χ1n) is 4.94. The van der Waals surface area contributed by atoms with Crippen LogP contribution in [0.3, 0.4) is 0 Å². The summed E-state index contributed by atoms with van der Waals surface area (Å²) >= 11 is 0. The third-order valence-corrected chi connectivity index (χ3v) is 3.66. The molecular weight excluding hydrogens is 152 g/mol. The van der Waals surface area contributed by atoms with Crippen LogP contribution in [0.5, 0.6) is 0 Å². The molecular formula is C10H18O2. The lowest BCUT2D eigenvalue weighted by atomic mass is 9.77. The Morgan fingerprint density at radius 2 is 2.42 bits per heavy atom. The Labute approximate surface area is 73.9 Å². The first-order chi connectivity index (χ1) is 5.65. The van der Waals surface area contributed by atoms with Gasteiger partial charge in [0, 0.05) is 6.61 Å². The molecule has 1 unspecified atom stereocenters. The molecule has 2 fully saturated rings. The van der Waals surface area contributed by atoms with Crippen molar-refractivity contribution in [2.24, 2.45) is 11.8 Å². The summed E-state index contributed by atoms with van der Waals surface area (Å²) in [5.74, 6) is 1.15. The highest BCUT2D eigenvalue weighted by Crippen LogP contribution is 2.50. The lowest BCUT2D eigenvalue weighted by molar-refractivity contribution is 0.162. The summed E-state index contributed by atoms with van der Waals surface area (Å²) in [5.41, 5.74) is 0.228. The van der Waals surface area contributed by atoms with Crippen LogP contribution in [-0.2, 0) is 4.74 Å². The smallest absolute Gasteiger partial charge is 0.0920 e. The highest BCUT2D eigenvalue weighted by atomic mass is 16.6. The predicted molar refractivity (Wildman–Crippen MR) is 46.9 cm³/mol. The number of aliphatic hydroxyl groups excluding tert-OH is 1. The average Bonchev–Trinajstić information content (AvgIpc) is 2.73. The molecule has 0 aromatic rings. The second kappa shape index (κ2) is 2.71. The van der Waals surface area contributed by atoms with E-state index in [1.807, 2.05) is 0 Å². The van der Waals surface area contributed by atoms with E-state index in [9.17, 15) is 0 Å². The van der Waals surface area contributed by atoms with Crippen LogP contribution in [0.1, 0.15) is 33.1 Å². The normalized spacial score (nSPS) is 48.2. The van der Waals surface area contributed by atoms with Crippen molar-refractivity contribution in [2.75, 3.05) is 6.61 Å². The van der Waals surface area contributed by atoms with Gasteiger partial charge in [-0.15, -0.1) is 0 Å². The molecule has 12 heavy (non-hydrogen) atoms. The Kier molecular flexibility index (Phi) is 1.92. The molecule has 1 N–H and O–H groups in total. The van der Waals surface area contributed by atoms with Crippen molar-refractivity contribution in [3.8, 4) is 0 Å². The van der Waals surface area contributed by atoms with Gasteiger partial charge < -0.3 is 9.84 Å². The van der Waals surface area contributed by atoms with E-state index in [-0.39, 0.29) is 5.60 Å². The summed E-state index contributed by atoms with van der Waals surface area (Å²) in [6, 6.07) is 0. The lowest BCUT2D eigenvalue weighted by Gasteiger charge is -2.26. The standard InChI is InChI=1S/C10H18O2/c1-7(6-11)8-3-4-10(2)9(5-8)12-10/h7-9,11H,3-6H2,1-2H3/t7?,8-,9+,10-/m1/s1. The Bertz CT molecular complexity index is 181. The quantitative estimate of drug-likeness (QED) is 0.638. The molecule has 2 heteroatoms. The molecule has 1 heterocycles. The molecule has 1 saturated heterocycles. The summed E-state index contributed by atoms with van der Waals surface area (Å²) in [7, 11) is 0. The molecule has 1 aliphatic carbocycles. The van der Waals surface area contributed by atoms with E-state index in [2.05, 4.69) is 13.8 Å². The third-order valence-electron chi connectivity index (χ3n) is 3.66. The highest BCUT2D eigenvalue weighted by Gasteiger charge is 2.55. The second-order valence-corrected chi connectivity index (χ2v) is 4.61. The van der Waals surface area contributed by atoms with Crippen LogP contribution in [0.15, 0.2) is 0 Å². The van der Waals surface area contributed by atoms with Crippen molar-refractivity contribution in [3.63, 3.8) is 0 Å². The molecule has 0 aromatic heterocycles. The van der Waals surface area contributed by atoms with E-state index in [1.165, 1.54) is 12.8 Å². The van der Waals surface area contributed by atoms with E-state index in [1.54, 1.807) is 0 Å². The van der Waals surface area contributed by atoms with Crippen molar-refractivity contribution < 1.29 is 9.84 Å². The minimum Gasteiger partial charge on any atom is -0.396 e. The molecule has 4 atom stereocenters.